The minimum Gasteiger partial charge on any atom is -0.322 e. The van der Waals surface area contributed by atoms with Crippen molar-refractivity contribution >= 4 is 23.1 Å². The second kappa shape index (κ2) is 6.03. The van der Waals surface area contributed by atoms with Gasteiger partial charge in [0.1, 0.15) is 5.01 Å². The summed E-state index contributed by atoms with van der Waals surface area (Å²) in [7, 11) is 0. The van der Waals surface area contributed by atoms with Crippen molar-refractivity contribution in [1.29, 1.82) is 0 Å². The molecule has 0 spiro atoms. The summed E-state index contributed by atoms with van der Waals surface area (Å²) >= 11 is 3.75. The summed E-state index contributed by atoms with van der Waals surface area (Å²) in [6.45, 7) is 0. The van der Waals surface area contributed by atoms with E-state index in [4.69, 9.17) is 10.7 Å². The van der Waals surface area contributed by atoms with Crippen molar-refractivity contribution in [2.24, 2.45) is 5.73 Å². The van der Waals surface area contributed by atoms with Crippen LogP contribution in [0.5, 0.6) is 0 Å². The maximum Gasteiger partial charge on any atom is 0.110 e. The van der Waals surface area contributed by atoms with Crippen LogP contribution in [0.4, 0.5) is 0 Å². The molecule has 2 nitrogen and oxygen atoms in total. The second-order valence-corrected chi connectivity index (χ2v) is 6.47. The van der Waals surface area contributed by atoms with Crippen LogP contribution in [-0.2, 0) is 12.8 Å². The van der Waals surface area contributed by atoms with E-state index in [1.807, 2.05) is 23.1 Å². The molecular weight excluding hydrogens is 236 g/mol. The molecule has 0 bridgehead atoms. The summed E-state index contributed by atoms with van der Waals surface area (Å²) in [4.78, 5) is 6.22. The minimum absolute atomic E-state index is 0.169. The van der Waals surface area contributed by atoms with Gasteiger partial charge in [-0.1, -0.05) is 0 Å². The summed E-state index contributed by atoms with van der Waals surface area (Å²) in [5.41, 5.74) is 7.53. The number of hydrogen-bond donors (Lipinski definition) is 1. The molecule has 1 aromatic rings. The Labute approximate surface area is 106 Å². The predicted octanol–water partition coefficient (Wildman–Crippen LogP) is 3.16. The van der Waals surface area contributed by atoms with Gasteiger partial charge in [0.2, 0.25) is 0 Å². The number of thioether (sulfide) groups is 1. The van der Waals surface area contributed by atoms with E-state index in [9.17, 15) is 0 Å². The van der Waals surface area contributed by atoms with Gasteiger partial charge in [-0.05, 0) is 50.5 Å². The fourth-order valence-corrected chi connectivity index (χ4v) is 3.75. The van der Waals surface area contributed by atoms with E-state index in [0.717, 1.165) is 6.42 Å². The second-order valence-electron chi connectivity index (χ2n) is 4.37. The number of hydrogen-bond acceptors (Lipinski definition) is 4. The smallest absolute Gasteiger partial charge is 0.110 e. The first-order valence-corrected chi connectivity index (χ1v) is 8.25. The van der Waals surface area contributed by atoms with Crippen LogP contribution in [0.15, 0.2) is 0 Å². The number of nitrogens with zero attached hydrogens (tertiary/aromatic N) is 1. The number of aryl methyl sites for hydroxylation is 2. The molecule has 1 aromatic heterocycles. The molecule has 0 amide bonds. The van der Waals surface area contributed by atoms with Crippen LogP contribution in [0.3, 0.4) is 0 Å². The molecule has 0 saturated heterocycles. The monoisotopic (exact) mass is 256 g/mol. The van der Waals surface area contributed by atoms with Gasteiger partial charge in [0.25, 0.3) is 0 Å². The van der Waals surface area contributed by atoms with Gasteiger partial charge in [-0.3, -0.25) is 0 Å². The number of nitrogens with two attached hydrogens (primary N) is 1. The Hall–Kier alpha value is -0.0600. The van der Waals surface area contributed by atoms with E-state index in [-0.39, 0.29) is 6.04 Å². The zero-order chi connectivity index (χ0) is 11.4. The lowest BCUT2D eigenvalue weighted by atomic mass is 10.0. The quantitative estimate of drug-likeness (QED) is 0.823. The third-order valence-electron chi connectivity index (χ3n) is 3.04. The first-order valence-electron chi connectivity index (χ1n) is 6.04. The highest BCUT2D eigenvalue weighted by molar-refractivity contribution is 7.98. The number of fused-ring (bicyclic) bond motifs is 1. The molecular formula is C12H20N2S2. The Morgan fingerprint density at radius 3 is 3.00 bits per heavy atom. The lowest BCUT2D eigenvalue weighted by Gasteiger charge is -2.07. The van der Waals surface area contributed by atoms with Crippen LogP contribution >= 0.6 is 23.1 Å². The van der Waals surface area contributed by atoms with Crippen LogP contribution in [0.25, 0.3) is 0 Å². The highest BCUT2D eigenvalue weighted by Crippen LogP contribution is 2.30. The van der Waals surface area contributed by atoms with Crippen LogP contribution in [0.2, 0.25) is 0 Å². The van der Waals surface area contributed by atoms with Gasteiger partial charge in [0, 0.05) is 4.88 Å². The molecule has 0 fully saturated rings. The molecule has 0 aliphatic heterocycles. The fraction of sp³-hybridized carbons (Fsp3) is 0.750. The fourth-order valence-electron chi connectivity index (χ4n) is 2.10. The maximum absolute atomic E-state index is 6.19. The van der Waals surface area contributed by atoms with Gasteiger partial charge in [-0.25, -0.2) is 4.98 Å². The van der Waals surface area contributed by atoms with Crippen molar-refractivity contribution in [3.05, 3.63) is 15.6 Å². The summed E-state index contributed by atoms with van der Waals surface area (Å²) < 4.78 is 0. The average molecular weight is 256 g/mol. The summed E-state index contributed by atoms with van der Waals surface area (Å²) in [5.74, 6) is 1.21. The lowest BCUT2D eigenvalue weighted by Crippen LogP contribution is -2.10. The summed E-state index contributed by atoms with van der Waals surface area (Å²) in [5, 5.41) is 1.17. The van der Waals surface area contributed by atoms with Crippen LogP contribution in [0, 0.1) is 0 Å². The highest BCUT2D eigenvalue weighted by atomic mass is 32.2. The Balaban J connectivity index is 1.95. The van der Waals surface area contributed by atoms with Gasteiger partial charge in [0.15, 0.2) is 0 Å². The van der Waals surface area contributed by atoms with Crippen molar-refractivity contribution in [2.45, 2.75) is 44.6 Å². The Morgan fingerprint density at radius 1 is 1.44 bits per heavy atom. The third kappa shape index (κ3) is 2.99. The standard InChI is InChI=1S/C12H20N2S2/c1-15-8-4-5-9(13)12-14-10-6-2-3-7-11(10)16-12/h9H,2-8,13H2,1H3. The molecule has 2 N–H and O–H groups in total. The van der Waals surface area contributed by atoms with Crippen molar-refractivity contribution in [1.82, 2.24) is 4.98 Å². The molecule has 1 aliphatic carbocycles. The van der Waals surface area contributed by atoms with E-state index >= 15 is 0 Å². The maximum atomic E-state index is 6.19. The van der Waals surface area contributed by atoms with Crippen molar-refractivity contribution in [3.8, 4) is 0 Å². The van der Waals surface area contributed by atoms with E-state index in [2.05, 4.69) is 6.26 Å². The van der Waals surface area contributed by atoms with Gasteiger partial charge in [-0.15, -0.1) is 11.3 Å². The summed E-state index contributed by atoms with van der Waals surface area (Å²) in [6.07, 6.45) is 9.45. The molecule has 0 aromatic carbocycles. The van der Waals surface area contributed by atoms with E-state index in [1.165, 1.54) is 53.4 Å². The first kappa shape index (κ1) is 12.4. The van der Waals surface area contributed by atoms with Crippen LogP contribution in [-0.4, -0.2) is 17.0 Å². The first-order chi connectivity index (χ1) is 7.81. The molecule has 1 aliphatic rings. The molecule has 16 heavy (non-hydrogen) atoms. The van der Waals surface area contributed by atoms with Gasteiger partial charge < -0.3 is 5.73 Å². The molecule has 1 unspecified atom stereocenters. The minimum atomic E-state index is 0.169. The Bertz CT molecular complexity index is 312. The van der Waals surface area contributed by atoms with Gasteiger partial charge in [0.05, 0.1) is 11.7 Å². The topological polar surface area (TPSA) is 38.9 Å². The van der Waals surface area contributed by atoms with Gasteiger partial charge >= 0.3 is 0 Å². The molecule has 2 rings (SSSR count). The largest absolute Gasteiger partial charge is 0.322 e. The van der Waals surface area contributed by atoms with E-state index in [0.29, 0.717) is 0 Å². The lowest BCUT2D eigenvalue weighted by molar-refractivity contribution is 0.630. The molecule has 4 heteroatoms. The average Bonchev–Trinajstić information content (AvgIpc) is 2.73. The summed E-state index contributed by atoms with van der Waals surface area (Å²) in [6, 6.07) is 0.169. The Kier molecular flexibility index (Phi) is 4.67. The zero-order valence-electron chi connectivity index (χ0n) is 9.87. The predicted molar refractivity (Wildman–Crippen MR) is 73.3 cm³/mol. The molecule has 0 radical (unpaired) electrons. The molecule has 0 saturated carbocycles. The molecule has 1 heterocycles. The van der Waals surface area contributed by atoms with Crippen molar-refractivity contribution in [2.75, 3.05) is 12.0 Å². The number of thiazole rings is 1. The molecule has 90 valence electrons. The number of aromatic nitrogens is 1. The SMILES string of the molecule is CSCCCC(N)c1nc2c(s1)CCCC2. The van der Waals surface area contributed by atoms with Gasteiger partial charge in [-0.2, -0.15) is 11.8 Å². The van der Waals surface area contributed by atoms with Crippen molar-refractivity contribution in [3.63, 3.8) is 0 Å². The highest BCUT2D eigenvalue weighted by Gasteiger charge is 2.18. The number of rotatable bonds is 5. The van der Waals surface area contributed by atoms with E-state index in [1.54, 1.807) is 0 Å². The third-order valence-corrected chi connectivity index (χ3v) is 5.03. The van der Waals surface area contributed by atoms with Crippen LogP contribution < -0.4 is 5.73 Å². The Morgan fingerprint density at radius 2 is 2.25 bits per heavy atom. The zero-order valence-corrected chi connectivity index (χ0v) is 11.5. The van der Waals surface area contributed by atoms with Crippen molar-refractivity contribution < 1.29 is 0 Å². The molecule has 1 atom stereocenters. The normalized spacial score (nSPS) is 17.1. The van der Waals surface area contributed by atoms with E-state index < -0.39 is 0 Å². The van der Waals surface area contributed by atoms with Crippen LogP contribution in [0.1, 0.15) is 47.3 Å².